The topological polar surface area (TPSA) is 92.4 Å². The van der Waals surface area contributed by atoms with Crippen LogP contribution in [-0.4, -0.2) is 34.3 Å². The number of aliphatic carboxylic acids is 1. The first-order chi connectivity index (χ1) is 10.1. The minimum atomic E-state index is -0.812. The lowest BCUT2D eigenvalue weighted by Crippen LogP contribution is -2.26. The molecule has 7 heteroatoms. The van der Waals surface area contributed by atoms with E-state index in [0.717, 1.165) is 5.52 Å². The van der Waals surface area contributed by atoms with Gasteiger partial charge in [0, 0.05) is 13.0 Å². The van der Waals surface area contributed by atoms with Gasteiger partial charge in [-0.05, 0) is 25.0 Å². The predicted molar refractivity (Wildman–Crippen MR) is 79.2 cm³/mol. The van der Waals surface area contributed by atoms with Gasteiger partial charge in [0.25, 0.3) is 5.22 Å². The second-order valence-corrected chi connectivity index (χ2v) is 5.36. The molecule has 1 aromatic heterocycles. The number of carbonyl (C=O) groups excluding carboxylic acids is 1. The van der Waals surface area contributed by atoms with Gasteiger partial charge in [-0.3, -0.25) is 9.59 Å². The molecule has 0 atom stereocenters. The average Bonchev–Trinajstić information content (AvgIpc) is 2.87. The van der Waals surface area contributed by atoms with Crippen molar-refractivity contribution in [1.29, 1.82) is 0 Å². The van der Waals surface area contributed by atoms with Gasteiger partial charge in [0.05, 0.1) is 5.75 Å². The van der Waals surface area contributed by atoms with Crippen molar-refractivity contribution in [3.63, 3.8) is 0 Å². The minimum absolute atomic E-state index is 0.113. The molecule has 2 rings (SSSR count). The zero-order valence-electron chi connectivity index (χ0n) is 11.4. The number of thioether (sulfide) groups is 1. The predicted octanol–water partition coefficient (Wildman–Crippen LogP) is 2.29. The van der Waals surface area contributed by atoms with Crippen molar-refractivity contribution in [3.8, 4) is 0 Å². The summed E-state index contributed by atoms with van der Waals surface area (Å²) >= 11 is 1.24. The number of rotatable bonds is 8. The highest BCUT2D eigenvalue weighted by atomic mass is 32.2. The van der Waals surface area contributed by atoms with Gasteiger partial charge in [-0.2, -0.15) is 0 Å². The Morgan fingerprint density at radius 2 is 2.10 bits per heavy atom. The smallest absolute Gasteiger partial charge is 0.303 e. The van der Waals surface area contributed by atoms with Crippen LogP contribution in [0.2, 0.25) is 0 Å². The second kappa shape index (κ2) is 7.68. The Balaban J connectivity index is 1.67. The zero-order chi connectivity index (χ0) is 15.1. The van der Waals surface area contributed by atoms with E-state index < -0.39 is 5.97 Å². The second-order valence-electron chi connectivity index (χ2n) is 4.44. The third-order valence-corrected chi connectivity index (χ3v) is 3.57. The number of hydrogen-bond acceptors (Lipinski definition) is 5. The Morgan fingerprint density at radius 3 is 2.86 bits per heavy atom. The Labute approximate surface area is 125 Å². The Morgan fingerprint density at radius 1 is 1.29 bits per heavy atom. The third kappa shape index (κ3) is 5.11. The molecule has 0 fully saturated rings. The van der Waals surface area contributed by atoms with E-state index >= 15 is 0 Å². The van der Waals surface area contributed by atoms with E-state index in [1.54, 1.807) is 0 Å². The molecule has 0 unspecified atom stereocenters. The molecule has 2 N–H and O–H groups in total. The van der Waals surface area contributed by atoms with Crippen molar-refractivity contribution >= 4 is 34.7 Å². The van der Waals surface area contributed by atoms with Crippen LogP contribution in [0.15, 0.2) is 33.9 Å². The van der Waals surface area contributed by atoms with Gasteiger partial charge in [-0.15, -0.1) is 0 Å². The number of aromatic nitrogens is 1. The molecule has 1 aromatic carbocycles. The third-order valence-electron chi connectivity index (χ3n) is 2.74. The number of carboxylic acid groups (broad SMARTS) is 1. The average molecular weight is 308 g/mol. The Kier molecular flexibility index (Phi) is 5.62. The Hall–Kier alpha value is -2.02. The van der Waals surface area contributed by atoms with Crippen LogP contribution in [0, 0.1) is 0 Å². The van der Waals surface area contributed by atoms with E-state index in [-0.39, 0.29) is 18.1 Å². The summed E-state index contributed by atoms with van der Waals surface area (Å²) in [4.78, 5) is 26.2. The number of para-hydroxylation sites is 2. The van der Waals surface area contributed by atoms with Crippen molar-refractivity contribution in [2.24, 2.45) is 0 Å². The Bertz CT molecular complexity index is 593. The molecule has 0 aliphatic carbocycles. The summed E-state index contributed by atoms with van der Waals surface area (Å²) < 4.78 is 5.49. The molecule has 2 aromatic rings. The first kappa shape index (κ1) is 15.4. The lowest BCUT2D eigenvalue weighted by Gasteiger charge is -2.02. The van der Waals surface area contributed by atoms with Crippen LogP contribution in [0.1, 0.15) is 19.3 Å². The fourth-order valence-electron chi connectivity index (χ4n) is 1.72. The fraction of sp³-hybridized carbons (Fsp3) is 0.357. The summed E-state index contributed by atoms with van der Waals surface area (Å²) in [6, 6.07) is 7.43. The molecule has 0 aliphatic rings. The van der Waals surface area contributed by atoms with Gasteiger partial charge in [0.15, 0.2) is 5.58 Å². The van der Waals surface area contributed by atoms with Crippen molar-refractivity contribution in [2.45, 2.75) is 24.5 Å². The highest BCUT2D eigenvalue weighted by molar-refractivity contribution is 7.99. The molecular formula is C14H16N2O4S. The van der Waals surface area contributed by atoms with Crippen LogP contribution < -0.4 is 5.32 Å². The van der Waals surface area contributed by atoms with Crippen molar-refractivity contribution in [1.82, 2.24) is 10.3 Å². The molecule has 0 bridgehead atoms. The molecule has 112 valence electrons. The standard InChI is InChI=1S/C14H16N2O4S/c17-12(15-8-4-3-7-13(18)19)9-21-14-16-10-5-1-2-6-11(10)20-14/h1-2,5-6H,3-4,7-9H2,(H,15,17)(H,18,19). The lowest BCUT2D eigenvalue weighted by atomic mass is 10.2. The minimum Gasteiger partial charge on any atom is -0.481 e. The molecule has 1 heterocycles. The number of carboxylic acids is 1. The van der Waals surface area contributed by atoms with E-state index in [4.69, 9.17) is 9.52 Å². The fourth-order valence-corrected chi connectivity index (χ4v) is 2.39. The molecule has 0 spiro atoms. The number of fused-ring (bicyclic) bond motifs is 1. The van der Waals surface area contributed by atoms with E-state index in [2.05, 4.69) is 10.3 Å². The number of amides is 1. The largest absolute Gasteiger partial charge is 0.481 e. The van der Waals surface area contributed by atoms with Crippen LogP contribution in [0.4, 0.5) is 0 Å². The van der Waals surface area contributed by atoms with Gasteiger partial charge in [0.1, 0.15) is 5.52 Å². The molecule has 6 nitrogen and oxygen atoms in total. The summed E-state index contributed by atoms with van der Waals surface area (Å²) in [7, 11) is 0. The van der Waals surface area contributed by atoms with Crippen LogP contribution in [0.5, 0.6) is 0 Å². The highest BCUT2D eigenvalue weighted by Crippen LogP contribution is 2.22. The number of oxazole rings is 1. The number of benzene rings is 1. The highest BCUT2D eigenvalue weighted by Gasteiger charge is 2.08. The SMILES string of the molecule is O=C(O)CCCCNC(=O)CSc1nc2ccccc2o1. The normalized spacial score (nSPS) is 10.7. The van der Waals surface area contributed by atoms with E-state index in [1.165, 1.54) is 11.8 Å². The van der Waals surface area contributed by atoms with Crippen molar-refractivity contribution < 1.29 is 19.1 Å². The van der Waals surface area contributed by atoms with Gasteiger partial charge >= 0.3 is 5.97 Å². The lowest BCUT2D eigenvalue weighted by molar-refractivity contribution is -0.137. The number of carbonyl (C=O) groups is 2. The van der Waals surface area contributed by atoms with Crippen molar-refractivity contribution in [3.05, 3.63) is 24.3 Å². The molecule has 0 radical (unpaired) electrons. The maximum absolute atomic E-state index is 11.6. The number of hydrogen-bond donors (Lipinski definition) is 2. The zero-order valence-corrected chi connectivity index (χ0v) is 12.2. The van der Waals surface area contributed by atoms with Crippen LogP contribution in [0.3, 0.4) is 0 Å². The van der Waals surface area contributed by atoms with Gasteiger partial charge < -0.3 is 14.8 Å². The quantitative estimate of drug-likeness (QED) is 0.574. The number of unbranched alkanes of at least 4 members (excludes halogenated alkanes) is 1. The van der Waals surface area contributed by atoms with Crippen molar-refractivity contribution in [2.75, 3.05) is 12.3 Å². The molecule has 0 aliphatic heterocycles. The van der Waals surface area contributed by atoms with Crippen LogP contribution in [0.25, 0.3) is 11.1 Å². The summed E-state index contributed by atoms with van der Waals surface area (Å²) in [5.41, 5.74) is 1.48. The number of nitrogens with zero attached hydrogens (tertiary/aromatic N) is 1. The monoisotopic (exact) mass is 308 g/mol. The van der Waals surface area contributed by atoms with Crippen LogP contribution >= 0.6 is 11.8 Å². The summed E-state index contributed by atoms with van der Waals surface area (Å²) in [6.07, 6.45) is 1.35. The molecule has 0 saturated heterocycles. The summed E-state index contributed by atoms with van der Waals surface area (Å²) in [5.74, 6) is -0.698. The van der Waals surface area contributed by atoms with Gasteiger partial charge in [-0.1, -0.05) is 23.9 Å². The molecular weight excluding hydrogens is 292 g/mol. The summed E-state index contributed by atoms with van der Waals surface area (Å²) in [5, 5.41) is 11.7. The van der Waals surface area contributed by atoms with Gasteiger partial charge in [0.2, 0.25) is 5.91 Å². The maximum atomic E-state index is 11.6. The van der Waals surface area contributed by atoms with E-state index in [0.29, 0.717) is 30.2 Å². The maximum Gasteiger partial charge on any atom is 0.303 e. The molecule has 1 amide bonds. The first-order valence-electron chi connectivity index (χ1n) is 6.62. The summed E-state index contributed by atoms with van der Waals surface area (Å²) in [6.45, 7) is 0.486. The number of nitrogens with one attached hydrogen (secondary N) is 1. The van der Waals surface area contributed by atoms with E-state index in [1.807, 2.05) is 24.3 Å². The van der Waals surface area contributed by atoms with E-state index in [9.17, 15) is 9.59 Å². The van der Waals surface area contributed by atoms with Gasteiger partial charge in [-0.25, -0.2) is 4.98 Å². The molecule has 21 heavy (non-hydrogen) atoms. The van der Waals surface area contributed by atoms with Crippen LogP contribution in [-0.2, 0) is 9.59 Å². The first-order valence-corrected chi connectivity index (χ1v) is 7.60. The molecule has 0 saturated carbocycles.